The smallest absolute Gasteiger partial charge is 0.0616 e. The fourth-order valence-electron chi connectivity index (χ4n) is 6.01. The molecule has 0 N–H and O–H groups in total. The maximum Gasteiger partial charge on any atom is 0.0629 e. The van der Waals surface area contributed by atoms with Crippen LogP contribution in [0.5, 0.6) is 0 Å². The number of hydrogen-bond donors (Lipinski definition) is 0. The minimum Gasteiger partial charge on any atom is -0.0616 e. The van der Waals surface area contributed by atoms with E-state index in [4.69, 9.17) is 9.60 Å². The van der Waals surface area contributed by atoms with Crippen LogP contribution in [-0.4, -0.2) is 0 Å². The third-order valence-electron chi connectivity index (χ3n) is 7.77. The lowest BCUT2D eigenvalue weighted by atomic mass is 9.84. The number of hydrogen-bond acceptors (Lipinski definition) is 0. The molecule has 8 aromatic carbocycles. The van der Waals surface area contributed by atoms with Crippen LogP contribution in [0.2, 0.25) is 0 Å². The summed E-state index contributed by atoms with van der Waals surface area (Å²) < 4.78 is 59.3. The fraction of sp³-hybridized carbons (Fsp3) is 0. The predicted octanol–water partition coefficient (Wildman–Crippen LogP) is 11.3. The van der Waals surface area contributed by atoms with Gasteiger partial charge in [0, 0.05) is 0 Å². The van der Waals surface area contributed by atoms with Gasteiger partial charge in [0.2, 0.25) is 0 Å². The van der Waals surface area contributed by atoms with Gasteiger partial charge in [0.05, 0.1) is 9.60 Å². The van der Waals surface area contributed by atoms with Crippen LogP contribution in [0.4, 0.5) is 0 Å². The van der Waals surface area contributed by atoms with Gasteiger partial charge in [0.15, 0.2) is 0 Å². The average molecular weight is 514 g/mol. The van der Waals surface area contributed by atoms with E-state index in [2.05, 4.69) is 78.9 Å². The highest BCUT2D eigenvalue weighted by Crippen LogP contribution is 2.45. The lowest BCUT2D eigenvalue weighted by Gasteiger charge is -2.19. The van der Waals surface area contributed by atoms with Gasteiger partial charge < -0.3 is 0 Å². The minimum absolute atomic E-state index is 0.0444. The summed E-state index contributed by atoms with van der Waals surface area (Å²) in [6.45, 7) is 0. The highest BCUT2D eigenvalue weighted by Gasteiger charge is 2.17. The topological polar surface area (TPSA) is 0 Å². The Hall–Kier alpha value is -5.20. The largest absolute Gasteiger partial charge is 0.0629 e. The number of fused-ring (bicyclic) bond motifs is 4. The predicted molar refractivity (Wildman–Crippen MR) is 173 cm³/mol. The van der Waals surface area contributed by atoms with Crippen LogP contribution in [-0.2, 0) is 0 Å². The third kappa shape index (κ3) is 3.54. The van der Waals surface area contributed by atoms with Gasteiger partial charge >= 0.3 is 0 Å². The van der Waals surface area contributed by atoms with E-state index in [1.165, 1.54) is 21.9 Å². The van der Waals surface area contributed by atoms with Crippen molar-refractivity contribution >= 4 is 43.1 Å². The molecular formula is C40H26. The first-order valence-corrected chi connectivity index (χ1v) is 13.3. The Bertz CT molecular complexity index is 2520. The summed E-state index contributed by atoms with van der Waals surface area (Å²) in [6, 6.07) is 36.8. The van der Waals surface area contributed by atoms with Gasteiger partial charge in [-0.3, -0.25) is 0 Å². The Labute approximate surface area is 243 Å². The zero-order chi connectivity index (χ0) is 32.6. The van der Waals surface area contributed by atoms with Gasteiger partial charge in [-0.25, -0.2) is 0 Å². The maximum atomic E-state index is 8.78. The molecule has 0 aliphatic rings. The molecule has 0 spiro atoms. The van der Waals surface area contributed by atoms with Gasteiger partial charge in [-0.05, 0) is 76.5 Å². The minimum atomic E-state index is -0.458. The van der Waals surface area contributed by atoms with Crippen LogP contribution < -0.4 is 0 Å². The van der Waals surface area contributed by atoms with Crippen molar-refractivity contribution in [2.45, 2.75) is 0 Å². The fourth-order valence-corrected chi connectivity index (χ4v) is 6.01. The van der Waals surface area contributed by atoms with Crippen LogP contribution >= 0.6 is 0 Å². The molecule has 0 radical (unpaired) electrons. The van der Waals surface area contributed by atoms with Crippen molar-refractivity contribution in [2.75, 3.05) is 0 Å². The molecule has 0 atom stereocenters. The van der Waals surface area contributed by atoms with Crippen molar-refractivity contribution in [3.05, 3.63) is 158 Å². The molecule has 40 heavy (non-hydrogen) atoms. The second-order valence-electron chi connectivity index (χ2n) is 9.95. The van der Waals surface area contributed by atoms with Crippen LogP contribution in [0.15, 0.2) is 158 Å². The normalized spacial score (nSPS) is 13.9. The highest BCUT2D eigenvalue weighted by atomic mass is 14.2. The molecule has 0 fully saturated rings. The molecule has 0 saturated carbocycles. The molecule has 0 nitrogen and oxygen atoms in total. The molecule has 0 unspecified atom stereocenters. The van der Waals surface area contributed by atoms with Gasteiger partial charge in [-0.15, -0.1) is 0 Å². The molecular weight excluding hydrogens is 480 g/mol. The van der Waals surface area contributed by atoms with E-state index in [1.54, 1.807) is 0 Å². The number of rotatable bonds is 3. The van der Waals surface area contributed by atoms with E-state index >= 15 is 0 Å². The van der Waals surface area contributed by atoms with Crippen molar-refractivity contribution in [3.8, 4) is 33.4 Å². The molecule has 0 aliphatic heterocycles. The first-order chi connectivity index (χ1) is 22.8. The van der Waals surface area contributed by atoms with Gasteiger partial charge in [-0.2, -0.15) is 0 Å². The molecule has 0 aliphatic carbocycles. The van der Waals surface area contributed by atoms with Crippen LogP contribution in [0, 0.1) is 0 Å². The van der Waals surface area contributed by atoms with Crippen molar-refractivity contribution < 1.29 is 9.60 Å². The Kier molecular flexibility index (Phi) is 3.85. The zero-order valence-electron chi connectivity index (χ0n) is 28.5. The lowest BCUT2D eigenvalue weighted by molar-refractivity contribution is 1.63. The van der Waals surface area contributed by atoms with E-state index in [-0.39, 0.29) is 46.5 Å². The van der Waals surface area contributed by atoms with Crippen LogP contribution in [0.3, 0.4) is 0 Å². The molecule has 186 valence electrons. The maximum absolute atomic E-state index is 8.78. The van der Waals surface area contributed by atoms with E-state index in [0.29, 0.717) is 5.56 Å². The SMILES string of the molecule is [2H]c1c([2H])c([2H])c2c(-c3ccc(-c4c5ccccc5c(-c5cccc6ccccc56)c5ccccc45)cc3)c([2H])c([2H])c([2H])c2c1[2H]. The van der Waals surface area contributed by atoms with Gasteiger partial charge in [0.1, 0.15) is 0 Å². The monoisotopic (exact) mass is 513 g/mol. The van der Waals surface area contributed by atoms with E-state index in [1.807, 2.05) is 36.4 Å². The summed E-state index contributed by atoms with van der Waals surface area (Å²) in [5, 5.41) is 6.85. The Morgan fingerprint density at radius 2 is 0.875 bits per heavy atom. The quantitative estimate of drug-likeness (QED) is 0.206. The van der Waals surface area contributed by atoms with E-state index < -0.39 is 12.1 Å². The van der Waals surface area contributed by atoms with Crippen LogP contribution in [0.1, 0.15) is 9.60 Å². The van der Waals surface area contributed by atoms with Crippen molar-refractivity contribution in [1.82, 2.24) is 0 Å². The molecule has 0 heterocycles. The summed E-state index contributed by atoms with van der Waals surface area (Å²) in [4.78, 5) is 0. The van der Waals surface area contributed by atoms with Crippen molar-refractivity contribution in [3.63, 3.8) is 0 Å². The van der Waals surface area contributed by atoms with Crippen molar-refractivity contribution in [1.29, 1.82) is 0 Å². The zero-order valence-corrected chi connectivity index (χ0v) is 21.5. The molecule has 0 bridgehead atoms. The molecule has 0 saturated heterocycles. The Balaban J connectivity index is 1.40. The summed E-state index contributed by atoms with van der Waals surface area (Å²) >= 11 is 0. The standard InChI is InChI=1S/C40H26/c1-3-15-31-27(11-1)13-9-21-32(31)29-23-25-30(26-24-29)39-35-17-5-7-19-37(35)40(38-20-8-6-18-36(38)39)34-22-10-14-28-12-2-4-16-33(28)34/h1-26H/i1D,3D,9D,11D,13D,15D,21D. The summed E-state index contributed by atoms with van der Waals surface area (Å²) in [5.74, 6) is 0. The number of benzene rings is 8. The first-order valence-electron chi connectivity index (χ1n) is 16.8. The highest BCUT2D eigenvalue weighted by molar-refractivity contribution is 6.23. The molecule has 0 aromatic heterocycles. The van der Waals surface area contributed by atoms with Gasteiger partial charge in [0.25, 0.3) is 0 Å². The summed E-state index contributed by atoms with van der Waals surface area (Å²) in [6.07, 6.45) is 0. The Morgan fingerprint density at radius 1 is 0.325 bits per heavy atom. The molecule has 8 rings (SSSR count). The molecule has 0 amide bonds. The van der Waals surface area contributed by atoms with E-state index in [9.17, 15) is 0 Å². The van der Waals surface area contributed by atoms with E-state index in [0.717, 1.165) is 32.7 Å². The van der Waals surface area contributed by atoms with Crippen LogP contribution in [0.25, 0.3) is 76.5 Å². The van der Waals surface area contributed by atoms with Gasteiger partial charge in [-0.1, -0.05) is 158 Å². The van der Waals surface area contributed by atoms with Crippen molar-refractivity contribution in [2.24, 2.45) is 0 Å². The lowest BCUT2D eigenvalue weighted by Crippen LogP contribution is -1.91. The summed E-state index contributed by atoms with van der Waals surface area (Å²) in [5.41, 5.74) is 5.12. The third-order valence-corrected chi connectivity index (χ3v) is 7.77. The molecule has 8 aromatic rings. The summed E-state index contributed by atoms with van der Waals surface area (Å²) in [7, 11) is 0. The molecule has 0 heteroatoms. The average Bonchev–Trinajstić information content (AvgIpc) is 3.11. The second-order valence-corrected chi connectivity index (χ2v) is 9.95. The Morgan fingerprint density at radius 3 is 1.60 bits per heavy atom. The second kappa shape index (κ2) is 9.22. The first kappa shape index (κ1) is 16.7.